The molecule has 2 atom stereocenters. The van der Waals surface area contributed by atoms with Gasteiger partial charge >= 0.3 is 0 Å². The van der Waals surface area contributed by atoms with E-state index in [1.165, 1.54) is 0 Å². The summed E-state index contributed by atoms with van der Waals surface area (Å²) in [5.74, 6) is 0.194. The molecular weight excluding hydrogens is 220 g/mol. The molecule has 17 heavy (non-hydrogen) atoms. The number of hydrogen-bond acceptors (Lipinski definition) is 3. The predicted octanol–water partition coefficient (Wildman–Crippen LogP) is 0.0685. The smallest absolute Gasteiger partial charge is 0.258 e. The maximum absolute atomic E-state index is 11.5. The highest BCUT2D eigenvalue weighted by Crippen LogP contribution is 2.08. The zero-order valence-electron chi connectivity index (χ0n) is 9.47. The Morgan fingerprint density at radius 3 is 2.71 bits per heavy atom. The molecule has 0 radical (unpaired) electrons. The lowest BCUT2D eigenvalue weighted by Crippen LogP contribution is -2.68. The number of nitrogens with one attached hydrogen (secondary N) is 2. The Bertz CT molecular complexity index is 419. The van der Waals surface area contributed by atoms with Gasteiger partial charge in [-0.25, -0.2) is 0 Å². The number of carbonyl (C=O) groups excluding carboxylic acids is 2. The van der Waals surface area contributed by atoms with Crippen LogP contribution in [0.15, 0.2) is 30.3 Å². The second-order valence-corrected chi connectivity index (χ2v) is 3.94. The number of para-hydroxylation sites is 1. The van der Waals surface area contributed by atoms with Gasteiger partial charge in [0, 0.05) is 0 Å². The zero-order chi connectivity index (χ0) is 12.3. The van der Waals surface area contributed by atoms with Gasteiger partial charge in [0.2, 0.25) is 5.91 Å². The molecule has 0 spiro atoms. The molecule has 5 heteroatoms. The van der Waals surface area contributed by atoms with Crippen molar-refractivity contribution in [2.75, 3.05) is 6.61 Å². The first-order valence-corrected chi connectivity index (χ1v) is 5.44. The lowest BCUT2D eigenvalue weighted by atomic mass is 10.0. The van der Waals surface area contributed by atoms with Crippen molar-refractivity contribution in [1.82, 2.24) is 10.6 Å². The molecule has 0 aliphatic carbocycles. The Morgan fingerprint density at radius 1 is 1.41 bits per heavy atom. The van der Waals surface area contributed by atoms with Crippen LogP contribution in [0.5, 0.6) is 5.75 Å². The van der Waals surface area contributed by atoms with E-state index in [0.717, 1.165) is 0 Å². The van der Waals surface area contributed by atoms with Crippen LogP contribution in [0.3, 0.4) is 0 Å². The molecule has 0 aromatic heterocycles. The second-order valence-electron chi connectivity index (χ2n) is 3.94. The van der Waals surface area contributed by atoms with E-state index in [4.69, 9.17) is 4.74 Å². The van der Waals surface area contributed by atoms with Crippen LogP contribution >= 0.6 is 0 Å². The minimum Gasteiger partial charge on any atom is -0.484 e. The maximum atomic E-state index is 11.5. The fourth-order valence-electron chi connectivity index (χ4n) is 1.60. The summed E-state index contributed by atoms with van der Waals surface area (Å²) < 4.78 is 5.26. The third kappa shape index (κ3) is 2.75. The Kier molecular flexibility index (Phi) is 3.27. The molecule has 1 fully saturated rings. The standard InChI is InChI=1S/C12H14N2O3/c1-8-11(12(16)13-8)14-10(15)7-17-9-5-3-2-4-6-9/h2-6,8,11H,7H2,1H3,(H,13,16)(H,14,15)/t8-,11-/m0/s1. The zero-order valence-corrected chi connectivity index (χ0v) is 9.47. The average molecular weight is 234 g/mol. The molecule has 1 saturated heterocycles. The molecule has 1 aliphatic heterocycles. The van der Waals surface area contributed by atoms with E-state index in [1.54, 1.807) is 12.1 Å². The molecule has 90 valence electrons. The summed E-state index contributed by atoms with van der Waals surface area (Å²) in [7, 11) is 0. The first-order valence-electron chi connectivity index (χ1n) is 5.44. The van der Waals surface area contributed by atoms with Gasteiger partial charge in [-0.3, -0.25) is 9.59 Å². The minimum atomic E-state index is -0.429. The van der Waals surface area contributed by atoms with E-state index >= 15 is 0 Å². The van der Waals surface area contributed by atoms with E-state index in [1.807, 2.05) is 25.1 Å². The lowest BCUT2D eigenvalue weighted by molar-refractivity contribution is -0.136. The summed E-state index contributed by atoms with van der Waals surface area (Å²) in [5, 5.41) is 5.25. The Hall–Kier alpha value is -2.04. The van der Waals surface area contributed by atoms with Gasteiger partial charge in [-0.15, -0.1) is 0 Å². The van der Waals surface area contributed by atoms with Crippen molar-refractivity contribution < 1.29 is 14.3 Å². The molecule has 0 bridgehead atoms. The molecule has 1 aromatic rings. The summed E-state index contributed by atoms with van der Waals surface area (Å²) in [4.78, 5) is 22.6. The SMILES string of the molecule is C[C@@H]1NC(=O)[C@H]1NC(=O)COc1ccccc1. The second kappa shape index (κ2) is 4.86. The third-order valence-corrected chi connectivity index (χ3v) is 2.58. The minimum absolute atomic E-state index is 0.0109. The Morgan fingerprint density at radius 2 is 2.12 bits per heavy atom. The fraction of sp³-hybridized carbons (Fsp3) is 0.333. The van der Waals surface area contributed by atoms with E-state index in [0.29, 0.717) is 5.75 Å². The van der Waals surface area contributed by atoms with Gasteiger partial charge in [-0.1, -0.05) is 18.2 Å². The van der Waals surface area contributed by atoms with Crippen LogP contribution in [0.1, 0.15) is 6.92 Å². The lowest BCUT2D eigenvalue weighted by Gasteiger charge is -2.34. The summed E-state index contributed by atoms with van der Waals surface area (Å²) >= 11 is 0. The molecule has 1 heterocycles. The van der Waals surface area contributed by atoms with E-state index < -0.39 is 6.04 Å². The first kappa shape index (κ1) is 11.4. The van der Waals surface area contributed by atoms with Crippen LogP contribution in [-0.2, 0) is 9.59 Å². The van der Waals surface area contributed by atoms with Crippen LogP contribution < -0.4 is 15.4 Å². The molecule has 5 nitrogen and oxygen atoms in total. The van der Waals surface area contributed by atoms with E-state index in [2.05, 4.69) is 10.6 Å². The molecule has 0 unspecified atom stereocenters. The number of β-lactam (4-membered cyclic amide) rings is 1. The Labute approximate surface area is 99.2 Å². The van der Waals surface area contributed by atoms with Crippen molar-refractivity contribution in [3.63, 3.8) is 0 Å². The summed E-state index contributed by atoms with van der Waals surface area (Å²) in [6.07, 6.45) is 0. The third-order valence-electron chi connectivity index (χ3n) is 2.58. The highest BCUT2D eigenvalue weighted by molar-refractivity contribution is 5.93. The van der Waals surface area contributed by atoms with Gasteiger partial charge in [0.05, 0.1) is 6.04 Å². The fourth-order valence-corrected chi connectivity index (χ4v) is 1.60. The van der Waals surface area contributed by atoms with Crippen molar-refractivity contribution in [3.05, 3.63) is 30.3 Å². The molecule has 2 rings (SSSR count). The van der Waals surface area contributed by atoms with Crippen molar-refractivity contribution in [2.24, 2.45) is 0 Å². The van der Waals surface area contributed by atoms with E-state index in [-0.39, 0.29) is 24.5 Å². The van der Waals surface area contributed by atoms with Gasteiger partial charge in [0.15, 0.2) is 6.61 Å². The van der Waals surface area contributed by atoms with Gasteiger partial charge in [0.1, 0.15) is 11.8 Å². The van der Waals surface area contributed by atoms with Gasteiger partial charge in [-0.2, -0.15) is 0 Å². The molecule has 1 aliphatic rings. The highest BCUT2D eigenvalue weighted by atomic mass is 16.5. The van der Waals surface area contributed by atoms with Gasteiger partial charge in [-0.05, 0) is 19.1 Å². The largest absolute Gasteiger partial charge is 0.484 e. The van der Waals surface area contributed by atoms with Gasteiger partial charge in [0.25, 0.3) is 5.91 Å². The van der Waals surface area contributed by atoms with Crippen LogP contribution in [0.25, 0.3) is 0 Å². The summed E-state index contributed by atoms with van der Waals surface area (Å²) in [6, 6.07) is 8.62. The van der Waals surface area contributed by atoms with Gasteiger partial charge < -0.3 is 15.4 Å². The number of benzene rings is 1. The normalized spacial score (nSPS) is 22.3. The van der Waals surface area contributed by atoms with Crippen LogP contribution in [0.2, 0.25) is 0 Å². The Balaban J connectivity index is 1.76. The average Bonchev–Trinajstić information content (AvgIpc) is 2.35. The predicted molar refractivity (Wildman–Crippen MR) is 61.5 cm³/mol. The van der Waals surface area contributed by atoms with Crippen molar-refractivity contribution in [3.8, 4) is 5.75 Å². The van der Waals surface area contributed by atoms with Crippen molar-refractivity contribution >= 4 is 11.8 Å². The molecular formula is C12H14N2O3. The number of amides is 2. The van der Waals surface area contributed by atoms with Crippen LogP contribution in [0.4, 0.5) is 0 Å². The monoisotopic (exact) mass is 234 g/mol. The number of ether oxygens (including phenoxy) is 1. The summed E-state index contributed by atoms with van der Waals surface area (Å²) in [5.41, 5.74) is 0. The molecule has 1 aromatic carbocycles. The van der Waals surface area contributed by atoms with Crippen molar-refractivity contribution in [1.29, 1.82) is 0 Å². The molecule has 2 amide bonds. The summed E-state index contributed by atoms with van der Waals surface area (Å²) in [6.45, 7) is 1.75. The number of hydrogen-bond donors (Lipinski definition) is 2. The number of rotatable bonds is 4. The highest BCUT2D eigenvalue weighted by Gasteiger charge is 2.36. The topological polar surface area (TPSA) is 67.4 Å². The molecule has 2 N–H and O–H groups in total. The first-order chi connectivity index (χ1) is 8.16. The van der Waals surface area contributed by atoms with Crippen molar-refractivity contribution in [2.45, 2.75) is 19.0 Å². The quantitative estimate of drug-likeness (QED) is 0.724. The van der Waals surface area contributed by atoms with E-state index in [9.17, 15) is 9.59 Å². The number of carbonyl (C=O) groups is 2. The van der Waals surface area contributed by atoms with Crippen LogP contribution in [0, 0.1) is 0 Å². The molecule has 0 saturated carbocycles. The maximum Gasteiger partial charge on any atom is 0.258 e. The van der Waals surface area contributed by atoms with Crippen LogP contribution in [-0.4, -0.2) is 30.5 Å².